The second-order valence-corrected chi connectivity index (χ2v) is 2.88. The third-order valence-electron chi connectivity index (χ3n) is 1.60. The molecule has 0 aromatic heterocycles. The van der Waals surface area contributed by atoms with Gasteiger partial charge in [0.2, 0.25) is 6.08 Å². The van der Waals surface area contributed by atoms with Crippen molar-refractivity contribution in [3.05, 3.63) is 28.8 Å². The van der Waals surface area contributed by atoms with Gasteiger partial charge in [-0.2, -0.15) is 4.99 Å². The summed E-state index contributed by atoms with van der Waals surface area (Å²) >= 11 is 5.70. The van der Waals surface area contributed by atoms with E-state index in [1.807, 2.05) is 0 Å². The molecule has 0 saturated carbocycles. The minimum absolute atomic E-state index is 0.253. The van der Waals surface area contributed by atoms with E-state index in [0.717, 1.165) is 0 Å². The van der Waals surface area contributed by atoms with Crippen LogP contribution in [0.3, 0.4) is 0 Å². The Balaban J connectivity index is 3.28. The van der Waals surface area contributed by atoms with Crippen LogP contribution in [0.25, 0.3) is 0 Å². The lowest BCUT2D eigenvalue weighted by Crippen LogP contribution is -2.17. The standard InChI is InChI=1S/C9H7ClN2O2/c1-11-9(14)7-4-6(10)2-3-8(7)12-5-13/h2-4H,1H3,(H,11,14). The summed E-state index contributed by atoms with van der Waals surface area (Å²) in [7, 11) is 1.48. The average Bonchev–Trinajstić information content (AvgIpc) is 2.20. The summed E-state index contributed by atoms with van der Waals surface area (Å²) in [6.07, 6.45) is 1.37. The highest BCUT2D eigenvalue weighted by Crippen LogP contribution is 2.22. The number of amides is 1. The lowest BCUT2D eigenvalue weighted by Gasteiger charge is -2.02. The molecule has 14 heavy (non-hydrogen) atoms. The molecule has 1 amide bonds. The number of rotatable bonds is 2. The molecule has 0 aliphatic carbocycles. The van der Waals surface area contributed by atoms with Crippen molar-refractivity contribution in [1.82, 2.24) is 5.32 Å². The number of halogens is 1. The first-order valence-corrected chi connectivity index (χ1v) is 4.16. The summed E-state index contributed by atoms with van der Waals surface area (Å²) in [6.45, 7) is 0. The van der Waals surface area contributed by atoms with Crippen molar-refractivity contribution in [3.63, 3.8) is 0 Å². The van der Waals surface area contributed by atoms with E-state index >= 15 is 0 Å². The van der Waals surface area contributed by atoms with Gasteiger partial charge in [0.25, 0.3) is 5.91 Å². The monoisotopic (exact) mass is 210 g/mol. The van der Waals surface area contributed by atoms with Gasteiger partial charge < -0.3 is 5.32 Å². The molecule has 1 rings (SSSR count). The maximum atomic E-state index is 11.3. The van der Waals surface area contributed by atoms with Gasteiger partial charge in [0.15, 0.2) is 0 Å². The maximum Gasteiger partial charge on any atom is 0.253 e. The molecule has 0 spiro atoms. The predicted molar refractivity (Wildman–Crippen MR) is 52.6 cm³/mol. The van der Waals surface area contributed by atoms with E-state index < -0.39 is 0 Å². The van der Waals surface area contributed by atoms with E-state index in [-0.39, 0.29) is 17.2 Å². The molecule has 4 nitrogen and oxygen atoms in total. The highest BCUT2D eigenvalue weighted by atomic mass is 35.5. The van der Waals surface area contributed by atoms with Crippen LogP contribution in [-0.2, 0) is 4.79 Å². The number of carbonyl (C=O) groups excluding carboxylic acids is 2. The van der Waals surface area contributed by atoms with E-state index in [0.29, 0.717) is 5.02 Å². The van der Waals surface area contributed by atoms with E-state index in [2.05, 4.69) is 10.3 Å². The van der Waals surface area contributed by atoms with Crippen LogP contribution in [0.5, 0.6) is 0 Å². The second kappa shape index (κ2) is 4.56. The fraction of sp³-hybridized carbons (Fsp3) is 0.111. The quantitative estimate of drug-likeness (QED) is 0.596. The SMILES string of the molecule is CNC(=O)c1cc(Cl)ccc1N=C=O. The van der Waals surface area contributed by atoms with Crippen LogP contribution in [-0.4, -0.2) is 19.0 Å². The molecule has 0 fully saturated rings. The maximum absolute atomic E-state index is 11.3. The molecule has 0 aliphatic rings. The first kappa shape index (κ1) is 10.4. The Morgan fingerprint density at radius 1 is 1.57 bits per heavy atom. The molecule has 0 unspecified atom stereocenters. The van der Waals surface area contributed by atoms with Crippen LogP contribution < -0.4 is 5.32 Å². The van der Waals surface area contributed by atoms with E-state index in [1.54, 1.807) is 6.07 Å². The van der Waals surface area contributed by atoms with Crippen molar-refractivity contribution in [3.8, 4) is 0 Å². The van der Waals surface area contributed by atoms with Crippen molar-refractivity contribution in [1.29, 1.82) is 0 Å². The van der Waals surface area contributed by atoms with Crippen molar-refractivity contribution in [2.24, 2.45) is 4.99 Å². The highest BCUT2D eigenvalue weighted by molar-refractivity contribution is 6.31. The molecular formula is C9H7ClN2O2. The van der Waals surface area contributed by atoms with Crippen LogP contribution in [0.4, 0.5) is 5.69 Å². The molecule has 1 N–H and O–H groups in total. The molecule has 0 atom stereocenters. The van der Waals surface area contributed by atoms with Crippen LogP contribution in [0, 0.1) is 0 Å². The van der Waals surface area contributed by atoms with Gasteiger partial charge in [-0.3, -0.25) is 4.79 Å². The molecule has 72 valence electrons. The van der Waals surface area contributed by atoms with Gasteiger partial charge in [0, 0.05) is 12.1 Å². The highest BCUT2D eigenvalue weighted by Gasteiger charge is 2.09. The fourth-order valence-corrected chi connectivity index (χ4v) is 1.14. The van der Waals surface area contributed by atoms with Crippen molar-refractivity contribution in [2.45, 2.75) is 0 Å². The predicted octanol–water partition coefficient (Wildman–Crippen LogP) is 1.67. The largest absolute Gasteiger partial charge is 0.355 e. The van der Waals surface area contributed by atoms with Gasteiger partial charge in [-0.05, 0) is 18.2 Å². The zero-order valence-electron chi connectivity index (χ0n) is 7.37. The zero-order chi connectivity index (χ0) is 10.6. The fourth-order valence-electron chi connectivity index (χ4n) is 0.971. The Morgan fingerprint density at radius 2 is 2.29 bits per heavy atom. The molecule has 5 heteroatoms. The van der Waals surface area contributed by atoms with E-state index in [1.165, 1.54) is 25.3 Å². The summed E-state index contributed by atoms with van der Waals surface area (Å²) in [5, 5.41) is 2.83. The molecule has 1 aromatic carbocycles. The summed E-state index contributed by atoms with van der Waals surface area (Å²) in [6, 6.07) is 4.47. The Hall–Kier alpha value is -1.64. The first-order valence-electron chi connectivity index (χ1n) is 3.78. The summed E-state index contributed by atoms with van der Waals surface area (Å²) in [4.78, 5) is 24.8. The number of hydrogen-bond acceptors (Lipinski definition) is 3. The van der Waals surface area contributed by atoms with Crippen molar-refractivity contribution in [2.75, 3.05) is 7.05 Å². The van der Waals surface area contributed by atoms with Crippen LogP contribution in [0.15, 0.2) is 23.2 Å². The number of benzene rings is 1. The third kappa shape index (κ3) is 2.19. The number of hydrogen-bond donors (Lipinski definition) is 1. The molecule has 1 aromatic rings. The van der Waals surface area contributed by atoms with Crippen LogP contribution in [0.1, 0.15) is 10.4 Å². The number of isocyanates is 1. The van der Waals surface area contributed by atoms with Gasteiger partial charge in [-0.1, -0.05) is 11.6 Å². The van der Waals surface area contributed by atoms with E-state index in [9.17, 15) is 9.59 Å². The Kier molecular flexibility index (Phi) is 3.40. The molecule has 0 radical (unpaired) electrons. The number of carbonyl (C=O) groups is 1. The van der Waals surface area contributed by atoms with Crippen LogP contribution >= 0.6 is 11.6 Å². The zero-order valence-corrected chi connectivity index (χ0v) is 8.13. The summed E-state index contributed by atoms with van der Waals surface area (Å²) in [5.74, 6) is -0.346. The van der Waals surface area contributed by atoms with Crippen molar-refractivity contribution < 1.29 is 9.59 Å². The van der Waals surface area contributed by atoms with Gasteiger partial charge in [0.1, 0.15) is 0 Å². The minimum atomic E-state index is -0.346. The van der Waals surface area contributed by atoms with Gasteiger partial charge in [-0.25, -0.2) is 4.79 Å². The average molecular weight is 211 g/mol. The third-order valence-corrected chi connectivity index (χ3v) is 1.83. The number of nitrogens with one attached hydrogen (secondary N) is 1. The molecule has 0 heterocycles. The Morgan fingerprint density at radius 3 is 2.86 bits per heavy atom. The second-order valence-electron chi connectivity index (χ2n) is 2.44. The topological polar surface area (TPSA) is 58.5 Å². The molecule has 0 saturated heterocycles. The summed E-state index contributed by atoms with van der Waals surface area (Å²) < 4.78 is 0. The number of aliphatic imine (C=N–C) groups is 1. The van der Waals surface area contributed by atoms with Crippen molar-refractivity contribution >= 4 is 29.3 Å². The normalized spacial score (nSPS) is 9.00. The lowest BCUT2D eigenvalue weighted by molar-refractivity contribution is 0.0964. The Labute approximate surface area is 85.6 Å². The Bertz CT molecular complexity index is 411. The minimum Gasteiger partial charge on any atom is -0.355 e. The van der Waals surface area contributed by atoms with Gasteiger partial charge >= 0.3 is 0 Å². The molecule has 0 aliphatic heterocycles. The summed E-state index contributed by atoms with van der Waals surface area (Å²) in [5.41, 5.74) is 0.507. The molecular weight excluding hydrogens is 204 g/mol. The first-order chi connectivity index (χ1) is 6.69. The van der Waals surface area contributed by atoms with Gasteiger partial charge in [0.05, 0.1) is 11.3 Å². The van der Waals surface area contributed by atoms with Gasteiger partial charge in [-0.15, -0.1) is 0 Å². The smallest absolute Gasteiger partial charge is 0.253 e. The van der Waals surface area contributed by atoms with Crippen LogP contribution in [0.2, 0.25) is 5.02 Å². The van der Waals surface area contributed by atoms with E-state index in [4.69, 9.17) is 11.6 Å². The molecule has 0 bridgehead atoms. The number of nitrogens with zero attached hydrogens (tertiary/aromatic N) is 1. The lowest BCUT2D eigenvalue weighted by atomic mass is 10.1.